The summed E-state index contributed by atoms with van der Waals surface area (Å²) in [5, 5.41) is 11.2. The Morgan fingerprint density at radius 2 is 2.16 bits per heavy atom. The monoisotopic (exact) mass is 299 g/mol. The van der Waals surface area contributed by atoms with Crippen LogP contribution in [0.25, 0.3) is 10.6 Å². The lowest BCUT2D eigenvalue weighted by atomic mass is 9.90. The van der Waals surface area contributed by atoms with E-state index in [1.165, 1.54) is 17.4 Å². The molecular weight excluding hydrogens is 289 g/mol. The van der Waals surface area contributed by atoms with Gasteiger partial charge < -0.3 is 5.11 Å². The van der Waals surface area contributed by atoms with Gasteiger partial charge in [0.05, 0.1) is 10.7 Å². The molecule has 0 atom stereocenters. The van der Waals surface area contributed by atoms with Gasteiger partial charge in [-0.2, -0.15) is 0 Å². The van der Waals surface area contributed by atoms with Crippen LogP contribution in [0.2, 0.25) is 5.02 Å². The van der Waals surface area contributed by atoms with Gasteiger partial charge in [0.1, 0.15) is 10.4 Å². The van der Waals surface area contributed by atoms with Crippen molar-refractivity contribution >= 4 is 28.9 Å². The molecule has 1 aromatic carbocycles. The molecule has 0 amide bonds. The number of carboxylic acid groups (broad SMARTS) is 1. The molecule has 0 fully saturated rings. The molecule has 2 aromatic rings. The summed E-state index contributed by atoms with van der Waals surface area (Å²) in [6.07, 6.45) is 0. The third kappa shape index (κ3) is 2.48. The number of carboxylic acids is 1. The van der Waals surface area contributed by atoms with Crippen LogP contribution in [0.4, 0.5) is 4.39 Å². The summed E-state index contributed by atoms with van der Waals surface area (Å²) < 4.78 is 13.9. The molecule has 6 heteroatoms. The van der Waals surface area contributed by atoms with Gasteiger partial charge in [0, 0.05) is 10.9 Å². The third-order valence-electron chi connectivity index (χ3n) is 2.86. The lowest BCUT2D eigenvalue weighted by Gasteiger charge is -2.15. The van der Waals surface area contributed by atoms with Gasteiger partial charge in [-0.1, -0.05) is 17.7 Å². The maximum Gasteiger partial charge on any atom is 0.315 e. The molecule has 19 heavy (non-hydrogen) atoms. The van der Waals surface area contributed by atoms with Gasteiger partial charge in [0.2, 0.25) is 0 Å². The van der Waals surface area contributed by atoms with Crippen LogP contribution in [0.1, 0.15) is 19.5 Å². The average molecular weight is 300 g/mol. The van der Waals surface area contributed by atoms with Crippen LogP contribution in [0, 0.1) is 5.82 Å². The predicted molar refractivity (Wildman–Crippen MR) is 73.2 cm³/mol. The third-order valence-corrected chi connectivity index (χ3v) is 4.03. The fraction of sp³-hybridized carbons (Fsp3) is 0.231. The number of hydrogen-bond acceptors (Lipinski definition) is 3. The fourth-order valence-electron chi connectivity index (χ4n) is 1.46. The number of hydrogen-bond donors (Lipinski definition) is 1. The number of nitrogens with zero attached hydrogens (tertiary/aromatic N) is 1. The van der Waals surface area contributed by atoms with Crippen molar-refractivity contribution in [3.63, 3.8) is 0 Å². The Labute approximate surface area is 118 Å². The molecule has 3 nitrogen and oxygen atoms in total. The molecule has 1 N–H and O–H groups in total. The van der Waals surface area contributed by atoms with Gasteiger partial charge >= 0.3 is 5.97 Å². The van der Waals surface area contributed by atoms with E-state index in [9.17, 15) is 9.18 Å². The highest BCUT2D eigenvalue weighted by molar-refractivity contribution is 7.13. The zero-order chi connectivity index (χ0) is 14.2. The van der Waals surface area contributed by atoms with Crippen LogP contribution < -0.4 is 0 Å². The molecule has 0 saturated heterocycles. The Morgan fingerprint density at radius 3 is 2.79 bits per heavy atom. The summed E-state index contributed by atoms with van der Waals surface area (Å²) in [6, 6.07) is 4.65. The van der Waals surface area contributed by atoms with Gasteiger partial charge in [0.15, 0.2) is 5.82 Å². The minimum Gasteiger partial charge on any atom is -0.481 e. The van der Waals surface area contributed by atoms with E-state index in [0.29, 0.717) is 10.7 Å². The van der Waals surface area contributed by atoms with Gasteiger partial charge in [-0.05, 0) is 26.0 Å². The van der Waals surface area contributed by atoms with Crippen LogP contribution in [-0.2, 0) is 10.2 Å². The Hall–Kier alpha value is -1.46. The molecule has 0 aliphatic heterocycles. The summed E-state index contributed by atoms with van der Waals surface area (Å²) in [6.45, 7) is 3.12. The number of carbonyl (C=O) groups is 1. The normalized spacial score (nSPS) is 11.6. The molecule has 1 aromatic heterocycles. The first kappa shape index (κ1) is 14.0. The standard InChI is InChI=1S/C13H11ClFNO2S/c1-13(2,12(17)18)9-6-19-11(16-9)7-4-3-5-8(14)10(7)15/h3-6H,1-2H3,(H,17,18). The zero-order valence-corrected chi connectivity index (χ0v) is 11.8. The molecule has 2 rings (SSSR count). The topological polar surface area (TPSA) is 50.2 Å². The van der Waals surface area contributed by atoms with Crippen molar-refractivity contribution in [1.82, 2.24) is 4.98 Å². The minimum atomic E-state index is -1.11. The predicted octanol–water partition coefficient (Wildman–Crippen LogP) is 3.96. The maximum absolute atomic E-state index is 13.9. The number of rotatable bonds is 3. The second kappa shape index (κ2) is 4.90. The average Bonchev–Trinajstić information content (AvgIpc) is 2.82. The maximum atomic E-state index is 13.9. The van der Waals surface area contributed by atoms with Crippen molar-refractivity contribution < 1.29 is 14.3 Å². The SMILES string of the molecule is CC(C)(C(=O)O)c1csc(-c2cccc(Cl)c2F)n1. The lowest BCUT2D eigenvalue weighted by Crippen LogP contribution is -2.28. The number of aliphatic carboxylic acids is 1. The summed E-state index contributed by atoms with van der Waals surface area (Å²) in [5.74, 6) is -1.52. The highest BCUT2D eigenvalue weighted by atomic mass is 35.5. The molecule has 0 radical (unpaired) electrons. The highest BCUT2D eigenvalue weighted by Crippen LogP contribution is 2.33. The van der Waals surface area contributed by atoms with Crippen molar-refractivity contribution in [2.75, 3.05) is 0 Å². The Bertz CT molecular complexity index is 639. The van der Waals surface area contributed by atoms with E-state index in [2.05, 4.69) is 4.98 Å². The zero-order valence-electron chi connectivity index (χ0n) is 10.3. The first-order chi connectivity index (χ1) is 8.84. The Morgan fingerprint density at radius 1 is 1.47 bits per heavy atom. The first-order valence-electron chi connectivity index (χ1n) is 5.48. The van der Waals surface area contributed by atoms with Crippen molar-refractivity contribution in [3.05, 3.63) is 40.1 Å². The Kier molecular flexibility index (Phi) is 3.60. The molecule has 0 unspecified atom stereocenters. The quantitative estimate of drug-likeness (QED) is 0.933. The van der Waals surface area contributed by atoms with Crippen LogP contribution in [0.5, 0.6) is 0 Å². The van der Waals surface area contributed by atoms with Crippen molar-refractivity contribution in [1.29, 1.82) is 0 Å². The van der Waals surface area contributed by atoms with E-state index in [-0.39, 0.29) is 10.6 Å². The lowest BCUT2D eigenvalue weighted by molar-refractivity contribution is -0.142. The summed E-state index contributed by atoms with van der Waals surface area (Å²) in [5.41, 5.74) is -0.423. The number of aromatic nitrogens is 1. The van der Waals surface area contributed by atoms with Gasteiger partial charge in [-0.15, -0.1) is 11.3 Å². The fourth-order valence-corrected chi connectivity index (χ4v) is 2.64. The molecule has 0 bridgehead atoms. The largest absolute Gasteiger partial charge is 0.481 e. The second-order valence-corrected chi connectivity index (χ2v) is 5.83. The minimum absolute atomic E-state index is 0.0201. The second-order valence-electron chi connectivity index (χ2n) is 4.57. The van der Waals surface area contributed by atoms with E-state index >= 15 is 0 Å². The van der Waals surface area contributed by atoms with Gasteiger partial charge in [-0.25, -0.2) is 9.37 Å². The Balaban J connectivity index is 2.47. The molecule has 1 heterocycles. The number of halogens is 2. The van der Waals surface area contributed by atoms with Crippen LogP contribution in [-0.4, -0.2) is 16.1 Å². The van der Waals surface area contributed by atoms with Crippen molar-refractivity contribution in [3.8, 4) is 10.6 Å². The van der Waals surface area contributed by atoms with E-state index in [4.69, 9.17) is 16.7 Å². The van der Waals surface area contributed by atoms with E-state index < -0.39 is 17.2 Å². The van der Waals surface area contributed by atoms with Gasteiger partial charge in [-0.3, -0.25) is 4.79 Å². The van der Waals surface area contributed by atoms with E-state index in [1.807, 2.05) is 0 Å². The molecule has 0 aliphatic rings. The van der Waals surface area contributed by atoms with Gasteiger partial charge in [0.25, 0.3) is 0 Å². The van der Waals surface area contributed by atoms with Crippen LogP contribution in [0.3, 0.4) is 0 Å². The van der Waals surface area contributed by atoms with E-state index in [0.717, 1.165) is 0 Å². The number of thiazole rings is 1. The summed E-state index contributed by atoms with van der Waals surface area (Å²) in [4.78, 5) is 15.4. The van der Waals surface area contributed by atoms with Crippen LogP contribution in [0.15, 0.2) is 23.6 Å². The van der Waals surface area contributed by atoms with Crippen LogP contribution >= 0.6 is 22.9 Å². The highest BCUT2D eigenvalue weighted by Gasteiger charge is 2.32. The van der Waals surface area contributed by atoms with E-state index in [1.54, 1.807) is 31.4 Å². The molecule has 100 valence electrons. The first-order valence-corrected chi connectivity index (χ1v) is 6.73. The van der Waals surface area contributed by atoms with Crippen molar-refractivity contribution in [2.24, 2.45) is 0 Å². The number of benzene rings is 1. The molecule has 0 aliphatic carbocycles. The molecule has 0 spiro atoms. The summed E-state index contributed by atoms with van der Waals surface area (Å²) >= 11 is 6.92. The molecular formula is C13H11ClFNO2S. The molecule has 0 saturated carbocycles. The smallest absolute Gasteiger partial charge is 0.315 e. The van der Waals surface area contributed by atoms with Crippen molar-refractivity contribution in [2.45, 2.75) is 19.3 Å². The summed E-state index contributed by atoms with van der Waals surface area (Å²) in [7, 11) is 0.